The van der Waals surface area contributed by atoms with Gasteiger partial charge in [-0.1, -0.05) is 19.1 Å². The summed E-state index contributed by atoms with van der Waals surface area (Å²) in [5.74, 6) is 1.26. The summed E-state index contributed by atoms with van der Waals surface area (Å²) in [6.45, 7) is 8.73. The van der Waals surface area contributed by atoms with Gasteiger partial charge in [0, 0.05) is 0 Å². The van der Waals surface area contributed by atoms with Gasteiger partial charge in [0.05, 0.1) is 6.61 Å². The second-order valence-electron chi connectivity index (χ2n) is 2.91. The zero-order valence-corrected chi connectivity index (χ0v) is 7.71. The fourth-order valence-electron chi connectivity index (χ4n) is 1.08. The lowest BCUT2D eigenvalue weighted by Crippen LogP contribution is -1.93. The van der Waals surface area contributed by atoms with E-state index in [9.17, 15) is 0 Å². The summed E-state index contributed by atoms with van der Waals surface area (Å²) in [7, 11) is 0. The van der Waals surface area contributed by atoms with Crippen LogP contribution in [0.5, 0.6) is 5.75 Å². The van der Waals surface area contributed by atoms with Crippen molar-refractivity contribution in [1.29, 1.82) is 0 Å². The minimum absolute atomic E-state index is 0.324. The third-order valence-corrected chi connectivity index (χ3v) is 1.74. The van der Waals surface area contributed by atoms with Gasteiger partial charge in [-0.3, -0.25) is 0 Å². The predicted molar refractivity (Wildman–Crippen MR) is 51.4 cm³/mol. The quantitative estimate of drug-likeness (QED) is 0.665. The van der Waals surface area contributed by atoms with Crippen LogP contribution >= 0.6 is 0 Å². The average molecular weight is 163 g/mol. The molecule has 0 aliphatic carbocycles. The molecule has 1 unspecified atom stereocenters. The van der Waals surface area contributed by atoms with E-state index in [0.717, 1.165) is 12.4 Å². The fourth-order valence-corrected chi connectivity index (χ4v) is 1.08. The Morgan fingerprint density at radius 3 is 2.83 bits per heavy atom. The molecule has 1 rings (SSSR count). The smallest absolute Gasteiger partial charge is 0.119 e. The molecule has 0 N–H and O–H groups in total. The molecule has 0 bridgehead atoms. The molecule has 0 aromatic heterocycles. The second-order valence-corrected chi connectivity index (χ2v) is 2.91. The van der Waals surface area contributed by atoms with Crippen LogP contribution in [0.3, 0.4) is 0 Å². The molecule has 1 aromatic rings. The lowest BCUT2D eigenvalue weighted by Gasteiger charge is -2.07. The molecule has 0 saturated carbocycles. The molecule has 1 atom stereocenters. The lowest BCUT2D eigenvalue weighted by atomic mass is 10.0. The molecule has 0 fully saturated rings. The third-order valence-electron chi connectivity index (χ3n) is 1.74. The number of hydrogen-bond acceptors (Lipinski definition) is 1. The van der Waals surface area contributed by atoms with E-state index >= 15 is 0 Å². The van der Waals surface area contributed by atoms with Gasteiger partial charge in [0.1, 0.15) is 5.75 Å². The number of rotatable bonds is 3. The standard InChI is InChI=1S/C11H15O/c1-4-12-11-7-5-6-10(8-11)9(2)3/h5-9H,2,4H2,1,3H3. The minimum atomic E-state index is 0.324. The summed E-state index contributed by atoms with van der Waals surface area (Å²) in [6, 6.07) is 8.08. The molecule has 65 valence electrons. The maximum absolute atomic E-state index is 5.37. The van der Waals surface area contributed by atoms with E-state index in [0.29, 0.717) is 5.92 Å². The van der Waals surface area contributed by atoms with Crippen LogP contribution in [-0.4, -0.2) is 6.61 Å². The maximum Gasteiger partial charge on any atom is 0.119 e. The zero-order chi connectivity index (χ0) is 8.97. The Morgan fingerprint density at radius 2 is 2.25 bits per heavy atom. The van der Waals surface area contributed by atoms with E-state index in [1.54, 1.807) is 0 Å². The van der Waals surface area contributed by atoms with Gasteiger partial charge in [-0.2, -0.15) is 0 Å². The fraction of sp³-hybridized carbons (Fsp3) is 0.364. The monoisotopic (exact) mass is 163 g/mol. The van der Waals surface area contributed by atoms with Crippen molar-refractivity contribution in [2.24, 2.45) is 0 Å². The lowest BCUT2D eigenvalue weighted by molar-refractivity contribution is 0.340. The normalized spacial score (nSPS) is 10.3. The number of benzene rings is 1. The first-order chi connectivity index (χ1) is 5.74. The Hall–Kier alpha value is -0.980. The number of hydrogen-bond donors (Lipinski definition) is 0. The minimum Gasteiger partial charge on any atom is -0.494 e. The molecular weight excluding hydrogens is 148 g/mol. The Kier molecular flexibility index (Phi) is 3.15. The van der Waals surface area contributed by atoms with Gasteiger partial charge in [0.25, 0.3) is 0 Å². The van der Waals surface area contributed by atoms with Crippen LogP contribution in [0.25, 0.3) is 0 Å². The Balaban J connectivity index is 2.81. The molecule has 12 heavy (non-hydrogen) atoms. The molecule has 1 radical (unpaired) electrons. The largest absolute Gasteiger partial charge is 0.494 e. The molecule has 0 aliphatic rings. The molecule has 0 aliphatic heterocycles. The summed E-state index contributed by atoms with van der Waals surface area (Å²) < 4.78 is 5.37. The highest BCUT2D eigenvalue weighted by Gasteiger charge is 1.99. The molecule has 1 aromatic carbocycles. The van der Waals surface area contributed by atoms with E-state index < -0.39 is 0 Å². The summed E-state index contributed by atoms with van der Waals surface area (Å²) in [5.41, 5.74) is 1.22. The Bertz CT molecular complexity index is 241. The van der Waals surface area contributed by atoms with Crippen LogP contribution in [0.4, 0.5) is 0 Å². The van der Waals surface area contributed by atoms with Crippen molar-refractivity contribution >= 4 is 0 Å². The summed E-state index contributed by atoms with van der Waals surface area (Å²) >= 11 is 0. The molecular formula is C11H15O. The van der Waals surface area contributed by atoms with Gasteiger partial charge in [0.2, 0.25) is 0 Å². The van der Waals surface area contributed by atoms with E-state index in [4.69, 9.17) is 4.74 Å². The first kappa shape index (κ1) is 9.11. The van der Waals surface area contributed by atoms with Crippen molar-refractivity contribution in [2.75, 3.05) is 6.61 Å². The van der Waals surface area contributed by atoms with Gasteiger partial charge in [-0.15, -0.1) is 0 Å². The van der Waals surface area contributed by atoms with E-state index in [-0.39, 0.29) is 0 Å². The predicted octanol–water partition coefficient (Wildman–Crippen LogP) is 3.02. The third kappa shape index (κ3) is 2.26. The molecule has 0 amide bonds. The molecule has 0 spiro atoms. The first-order valence-electron chi connectivity index (χ1n) is 4.30. The van der Waals surface area contributed by atoms with Gasteiger partial charge in [-0.05, 0) is 37.5 Å². The van der Waals surface area contributed by atoms with Crippen molar-refractivity contribution in [2.45, 2.75) is 19.8 Å². The SMILES string of the molecule is [CH2]C(C)c1cccc(OCC)c1. The van der Waals surface area contributed by atoms with Crippen LogP contribution < -0.4 is 4.74 Å². The van der Waals surface area contributed by atoms with Crippen molar-refractivity contribution in [3.8, 4) is 5.75 Å². The second kappa shape index (κ2) is 4.15. The van der Waals surface area contributed by atoms with Crippen LogP contribution in [0.2, 0.25) is 0 Å². The molecule has 1 heteroatoms. The Morgan fingerprint density at radius 1 is 1.50 bits per heavy atom. The highest BCUT2D eigenvalue weighted by atomic mass is 16.5. The van der Waals surface area contributed by atoms with Gasteiger partial charge >= 0.3 is 0 Å². The zero-order valence-electron chi connectivity index (χ0n) is 7.71. The van der Waals surface area contributed by atoms with Crippen LogP contribution in [-0.2, 0) is 0 Å². The highest BCUT2D eigenvalue weighted by molar-refractivity contribution is 5.30. The van der Waals surface area contributed by atoms with E-state index in [1.807, 2.05) is 25.1 Å². The van der Waals surface area contributed by atoms with Crippen molar-refractivity contribution in [3.05, 3.63) is 36.8 Å². The summed E-state index contributed by atoms with van der Waals surface area (Å²) in [4.78, 5) is 0. The van der Waals surface area contributed by atoms with Gasteiger partial charge < -0.3 is 4.74 Å². The maximum atomic E-state index is 5.37. The number of ether oxygens (including phenoxy) is 1. The van der Waals surface area contributed by atoms with Crippen molar-refractivity contribution in [3.63, 3.8) is 0 Å². The van der Waals surface area contributed by atoms with Gasteiger partial charge in [0.15, 0.2) is 0 Å². The first-order valence-corrected chi connectivity index (χ1v) is 4.30. The molecule has 1 nitrogen and oxygen atoms in total. The Labute approximate surface area is 74.4 Å². The van der Waals surface area contributed by atoms with Crippen molar-refractivity contribution in [1.82, 2.24) is 0 Å². The van der Waals surface area contributed by atoms with Crippen molar-refractivity contribution < 1.29 is 4.74 Å². The summed E-state index contributed by atoms with van der Waals surface area (Å²) in [5, 5.41) is 0. The van der Waals surface area contributed by atoms with Crippen LogP contribution in [0.1, 0.15) is 25.3 Å². The van der Waals surface area contributed by atoms with E-state index in [1.165, 1.54) is 5.56 Å². The van der Waals surface area contributed by atoms with Crippen LogP contribution in [0, 0.1) is 6.92 Å². The molecule has 0 saturated heterocycles. The summed E-state index contributed by atoms with van der Waals surface area (Å²) in [6.07, 6.45) is 0. The molecule has 0 heterocycles. The van der Waals surface area contributed by atoms with Gasteiger partial charge in [-0.25, -0.2) is 0 Å². The topological polar surface area (TPSA) is 9.23 Å². The van der Waals surface area contributed by atoms with E-state index in [2.05, 4.69) is 19.9 Å². The van der Waals surface area contributed by atoms with Crippen LogP contribution in [0.15, 0.2) is 24.3 Å². The highest BCUT2D eigenvalue weighted by Crippen LogP contribution is 2.19. The average Bonchev–Trinajstić information content (AvgIpc) is 2.05.